The van der Waals surface area contributed by atoms with Crippen molar-refractivity contribution in [3.05, 3.63) is 17.5 Å². The fraction of sp³-hybridized carbons (Fsp3) is 0.778. The highest BCUT2D eigenvalue weighted by atomic mass is 19.4. The third-order valence-corrected chi connectivity index (χ3v) is 6.21. The Morgan fingerprint density at radius 1 is 1.32 bits per heavy atom. The van der Waals surface area contributed by atoms with E-state index in [1.165, 1.54) is 30.4 Å². The Balaban J connectivity index is 1.41. The fourth-order valence-corrected chi connectivity index (χ4v) is 4.85. The molecule has 4 rings (SSSR count). The Labute approximate surface area is 145 Å². The van der Waals surface area contributed by atoms with Crippen LogP contribution in [0.1, 0.15) is 62.8 Å². The van der Waals surface area contributed by atoms with Crippen LogP contribution in [0.25, 0.3) is 0 Å². The molecule has 0 spiro atoms. The summed E-state index contributed by atoms with van der Waals surface area (Å²) in [5.41, 5.74) is -0.363. The van der Waals surface area contributed by atoms with Gasteiger partial charge in [-0.25, -0.2) is 0 Å². The van der Waals surface area contributed by atoms with Crippen molar-refractivity contribution >= 4 is 5.91 Å². The molecule has 1 amide bonds. The van der Waals surface area contributed by atoms with Crippen LogP contribution >= 0.6 is 0 Å². The van der Waals surface area contributed by atoms with Gasteiger partial charge < -0.3 is 5.32 Å². The molecule has 1 heterocycles. The largest absolute Gasteiger partial charge is 0.435 e. The van der Waals surface area contributed by atoms with Crippen molar-refractivity contribution in [2.45, 2.75) is 70.1 Å². The molecule has 25 heavy (non-hydrogen) atoms. The molecule has 0 radical (unpaired) electrons. The lowest BCUT2D eigenvalue weighted by atomic mass is 9.84. The van der Waals surface area contributed by atoms with Crippen molar-refractivity contribution in [3.63, 3.8) is 0 Å². The molecule has 1 aromatic heterocycles. The number of aromatic nitrogens is 2. The molecular weight excluding hydrogens is 331 g/mol. The third-order valence-electron chi connectivity index (χ3n) is 6.21. The molecule has 7 heteroatoms. The summed E-state index contributed by atoms with van der Waals surface area (Å²) in [5.74, 6) is 1.88. The molecule has 138 valence electrons. The first-order chi connectivity index (χ1) is 11.8. The minimum absolute atomic E-state index is 0.0739. The predicted molar refractivity (Wildman–Crippen MR) is 85.7 cm³/mol. The van der Waals surface area contributed by atoms with Gasteiger partial charge in [0.05, 0.1) is 0 Å². The Morgan fingerprint density at radius 3 is 2.64 bits per heavy atom. The van der Waals surface area contributed by atoms with Crippen LogP contribution in [0.4, 0.5) is 13.2 Å². The Bertz CT molecular complexity index is 665. The summed E-state index contributed by atoms with van der Waals surface area (Å²) in [7, 11) is 0. The van der Waals surface area contributed by atoms with Gasteiger partial charge in [0, 0.05) is 17.7 Å². The SMILES string of the molecule is C[C@@H](NC(=O)Cn1nc(C(F)(F)F)cc1C1CC1)[C@@H]1C[C@H]2CC[C@H]1C2. The normalized spacial score (nSPS) is 29.8. The monoisotopic (exact) mass is 355 g/mol. The van der Waals surface area contributed by atoms with E-state index < -0.39 is 11.9 Å². The summed E-state index contributed by atoms with van der Waals surface area (Å²) in [5, 5.41) is 6.67. The van der Waals surface area contributed by atoms with Crippen molar-refractivity contribution < 1.29 is 18.0 Å². The molecule has 0 aromatic carbocycles. The highest BCUT2D eigenvalue weighted by molar-refractivity contribution is 5.76. The van der Waals surface area contributed by atoms with Crippen LogP contribution in [-0.4, -0.2) is 21.7 Å². The van der Waals surface area contributed by atoms with Gasteiger partial charge in [-0.3, -0.25) is 9.48 Å². The van der Waals surface area contributed by atoms with Crippen LogP contribution in [0.2, 0.25) is 0 Å². The molecule has 2 bridgehead atoms. The summed E-state index contributed by atoms with van der Waals surface area (Å²) in [6.07, 6.45) is 2.25. The Kier molecular flexibility index (Phi) is 4.07. The van der Waals surface area contributed by atoms with E-state index in [0.29, 0.717) is 17.5 Å². The zero-order valence-corrected chi connectivity index (χ0v) is 14.4. The number of rotatable bonds is 5. The van der Waals surface area contributed by atoms with E-state index in [2.05, 4.69) is 10.4 Å². The van der Waals surface area contributed by atoms with E-state index in [4.69, 9.17) is 0 Å². The quantitative estimate of drug-likeness (QED) is 0.875. The number of hydrogen-bond acceptors (Lipinski definition) is 2. The number of alkyl halides is 3. The number of nitrogens with zero attached hydrogens (tertiary/aromatic N) is 2. The molecule has 1 aromatic rings. The highest BCUT2D eigenvalue weighted by Gasteiger charge is 2.42. The van der Waals surface area contributed by atoms with Gasteiger partial charge in [-0.05, 0) is 62.8 Å². The van der Waals surface area contributed by atoms with Crippen molar-refractivity contribution in [1.82, 2.24) is 15.1 Å². The van der Waals surface area contributed by atoms with E-state index in [1.54, 1.807) is 0 Å². The van der Waals surface area contributed by atoms with Crippen LogP contribution in [0.3, 0.4) is 0 Å². The van der Waals surface area contributed by atoms with Gasteiger partial charge >= 0.3 is 6.18 Å². The van der Waals surface area contributed by atoms with Gasteiger partial charge in [0.1, 0.15) is 6.54 Å². The standard InChI is InChI=1S/C18H24F3N3O/c1-10(14-7-11-2-3-13(14)6-11)22-17(25)9-24-15(12-4-5-12)8-16(23-24)18(19,20)21/h8,10-14H,2-7,9H2,1H3,(H,22,25)/t10-,11+,13+,14+/m1/s1. The number of halogens is 3. The molecular formula is C18H24F3N3O. The van der Waals surface area contributed by atoms with Crippen LogP contribution in [0.5, 0.6) is 0 Å². The smallest absolute Gasteiger partial charge is 0.352 e. The predicted octanol–water partition coefficient (Wildman–Crippen LogP) is 3.72. The number of amides is 1. The number of carbonyl (C=O) groups is 1. The van der Waals surface area contributed by atoms with Gasteiger partial charge in [0.15, 0.2) is 5.69 Å². The average Bonchev–Trinajstić information content (AvgIpc) is 2.96. The Morgan fingerprint density at radius 2 is 2.08 bits per heavy atom. The fourth-order valence-electron chi connectivity index (χ4n) is 4.85. The zero-order chi connectivity index (χ0) is 17.8. The second kappa shape index (κ2) is 6.02. The Hall–Kier alpha value is -1.53. The maximum absolute atomic E-state index is 12.9. The summed E-state index contributed by atoms with van der Waals surface area (Å²) >= 11 is 0. The van der Waals surface area contributed by atoms with E-state index in [1.807, 2.05) is 6.92 Å². The minimum Gasteiger partial charge on any atom is -0.352 e. The maximum atomic E-state index is 12.9. The molecule has 3 fully saturated rings. The first-order valence-corrected chi connectivity index (χ1v) is 9.25. The summed E-state index contributed by atoms with van der Waals surface area (Å²) in [4.78, 5) is 12.4. The topological polar surface area (TPSA) is 46.9 Å². The van der Waals surface area contributed by atoms with Crippen LogP contribution in [-0.2, 0) is 17.5 Å². The summed E-state index contributed by atoms with van der Waals surface area (Å²) in [6.45, 7) is 1.89. The molecule has 0 saturated heterocycles. The lowest BCUT2D eigenvalue weighted by Gasteiger charge is -2.28. The van der Waals surface area contributed by atoms with Crippen molar-refractivity contribution in [2.75, 3.05) is 0 Å². The molecule has 4 atom stereocenters. The minimum atomic E-state index is -4.47. The summed E-state index contributed by atoms with van der Waals surface area (Å²) in [6, 6.07) is 1.18. The molecule has 3 aliphatic rings. The molecule has 4 nitrogen and oxygen atoms in total. The number of hydrogen-bond donors (Lipinski definition) is 1. The van der Waals surface area contributed by atoms with Crippen molar-refractivity contribution in [2.24, 2.45) is 17.8 Å². The highest BCUT2D eigenvalue weighted by Crippen LogP contribution is 2.49. The molecule has 3 saturated carbocycles. The third kappa shape index (κ3) is 3.42. The molecule has 0 unspecified atom stereocenters. The van der Waals surface area contributed by atoms with E-state index in [-0.39, 0.29) is 24.4 Å². The number of carbonyl (C=O) groups excluding carboxylic acids is 1. The lowest BCUT2D eigenvalue weighted by molar-refractivity contribution is -0.141. The molecule has 3 aliphatic carbocycles. The second-order valence-electron chi connectivity index (χ2n) is 8.08. The van der Waals surface area contributed by atoms with Crippen LogP contribution in [0, 0.1) is 17.8 Å². The zero-order valence-electron chi connectivity index (χ0n) is 14.4. The average molecular weight is 355 g/mol. The molecule has 0 aliphatic heterocycles. The van der Waals surface area contributed by atoms with Crippen molar-refractivity contribution in [3.8, 4) is 0 Å². The second-order valence-corrected chi connectivity index (χ2v) is 8.08. The van der Waals surface area contributed by atoms with Gasteiger partial charge in [0.25, 0.3) is 0 Å². The lowest BCUT2D eigenvalue weighted by Crippen LogP contribution is -2.41. The maximum Gasteiger partial charge on any atom is 0.435 e. The van der Waals surface area contributed by atoms with Gasteiger partial charge in [-0.1, -0.05) is 6.42 Å². The van der Waals surface area contributed by atoms with Gasteiger partial charge in [-0.2, -0.15) is 18.3 Å². The van der Waals surface area contributed by atoms with E-state index in [9.17, 15) is 18.0 Å². The number of fused-ring (bicyclic) bond motifs is 2. The van der Waals surface area contributed by atoms with Crippen LogP contribution < -0.4 is 5.32 Å². The van der Waals surface area contributed by atoms with Crippen molar-refractivity contribution in [1.29, 1.82) is 0 Å². The van der Waals surface area contributed by atoms with Gasteiger partial charge in [0.2, 0.25) is 5.91 Å². The number of nitrogens with one attached hydrogen (secondary N) is 1. The first-order valence-electron chi connectivity index (χ1n) is 9.25. The van der Waals surface area contributed by atoms with Gasteiger partial charge in [-0.15, -0.1) is 0 Å². The van der Waals surface area contributed by atoms with E-state index >= 15 is 0 Å². The first kappa shape index (κ1) is 16.9. The molecule has 1 N–H and O–H groups in total. The van der Waals surface area contributed by atoms with Crippen LogP contribution in [0.15, 0.2) is 6.07 Å². The van der Waals surface area contributed by atoms with E-state index in [0.717, 1.165) is 24.8 Å². The summed E-state index contributed by atoms with van der Waals surface area (Å²) < 4.78 is 40.0.